The number of aliphatic hydroxyl groups is 2. The summed E-state index contributed by atoms with van der Waals surface area (Å²) in [5, 5.41) is 42.6. The van der Waals surface area contributed by atoms with E-state index in [0.717, 1.165) is 8.92 Å². The normalized spacial score (nSPS) is 13.1. The maximum absolute atomic E-state index is 11.0. The van der Waals surface area contributed by atoms with Gasteiger partial charge in [-0.05, 0) is 0 Å². The van der Waals surface area contributed by atoms with Gasteiger partial charge in [-0.3, -0.25) is 0 Å². The molecule has 8 nitrogen and oxygen atoms in total. The molecule has 0 fully saturated rings. The third kappa shape index (κ3) is 5.38. The summed E-state index contributed by atoms with van der Waals surface area (Å²) in [6, 6.07) is 9.04. The molecular weight excluding hydrogens is 498 g/mol. The van der Waals surface area contributed by atoms with Crippen LogP contribution in [0.25, 0.3) is 0 Å². The number of nitro groups is 2. The maximum atomic E-state index is 11.0. The van der Waals surface area contributed by atoms with E-state index in [1.807, 2.05) is 0 Å². The van der Waals surface area contributed by atoms with Crippen LogP contribution in [-0.4, -0.2) is 46.3 Å². The van der Waals surface area contributed by atoms with Gasteiger partial charge in [-0.25, -0.2) is 0 Å². The monoisotopic (exact) mass is 520 g/mol. The van der Waals surface area contributed by atoms with Crippen molar-refractivity contribution in [2.24, 2.45) is 0 Å². The molecule has 0 unspecified atom stereocenters. The quantitative estimate of drug-likeness (QED) is 0.296. The average Bonchev–Trinajstić information content (AvgIpc) is 2.70. The van der Waals surface area contributed by atoms with Gasteiger partial charge in [-0.2, -0.15) is 0 Å². The number of non-ortho nitro benzene ring substituents is 2. The van der Waals surface area contributed by atoms with Crippen molar-refractivity contribution in [3.05, 3.63) is 67.8 Å². The molecule has 150 valence electrons. The van der Waals surface area contributed by atoms with Gasteiger partial charge in [0.05, 0.1) is 0 Å². The summed E-state index contributed by atoms with van der Waals surface area (Å²) in [5.41, 5.74) is 0.982. The third-order valence-electron chi connectivity index (χ3n) is 4.12. The van der Waals surface area contributed by atoms with Crippen molar-refractivity contribution in [1.29, 1.82) is 0 Å². The van der Waals surface area contributed by atoms with Crippen LogP contribution in [0, 0.1) is 20.2 Å². The van der Waals surface area contributed by atoms with Gasteiger partial charge in [0.15, 0.2) is 0 Å². The second-order valence-corrected chi connectivity index (χ2v) is 12.2. The van der Waals surface area contributed by atoms with Crippen molar-refractivity contribution < 1.29 is 20.1 Å². The van der Waals surface area contributed by atoms with Crippen molar-refractivity contribution in [3.8, 4) is 0 Å². The van der Waals surface area contributed by atoms with E-state index < -0.39 is 22.1 Å². The Morgan fingerprint density at radius 3 is 1.46 bits per heavy atom. The first kappa shape index (κ1) is 22.5. The topological polar surface area (TPSA) is 127 Å². The predicted molar refractivity (Wildman–Crippen MR) is 107 cm³/mol. The van der Waals surface area contributed by atoms with Crippen LogP contribution in [0.4, 0.5) is 11.4 Å². The van der Waals surface area contributed by atoms with Crippen LogP contribution in [0.3, 0.4) is 0 Å². The molecule has 0 heterocycles. The van der Waals surface area contributed by atoms with Gasteiger partial charge < -0.3 is 0 Å². The molecular formula is C18H20N2O6Se2. The van der Waals surface area contributed by atoms with Crippen molar-refractivity contribution in [2.75, 3.05) is 0 Å². The molecule has 2 atom stereocenters. The van der Waals surface area contributed by atoms with E-state index in [0.29, 0.717) is 24.0 Å². The molecule has 0 radical (unpaired) electrons. The minimum atomic E-state index is -0.787. The van der Waals surface area contributed by atoms with Crippen molar-refractivity contribution in [1.82, 2.24) is 0 Å². The predicted octanol–water partition coefficient (Wildman–Crippen LogP) is 1.66. The molecule has 2 rings (SSSR count). The van der Waals surface area contributed by atoms with E-state index in [-0.39, 0.29) is 37.6 Å². The summed E-state index contributed by atoms with van der Waals surface area (Å²) in [7, 11) is 0. The van der Waals surface area contributed by atoms with Gasteiger partial charge in [0, 0.05) is 0 Å². The molecule has 2 aromatic carbocycles. The zero-order chi connectivity index (χ0) is 20.8. The van der Waals surface area contributed by atoms with Crippen molar-refractivity contribution in [3.63, 3.8) is 0 Å². The third-order valence-corrected chi connectivity index (χ3v) is 11.4. The fourth-order valence-electron chi connectivity index (χ4n) is 2.50. The molecule has 0 aliphatic heterocycles. The Hall–Kier alpha value is -1.80. The number of benzene rings is 2. The number of nitrogens with zero attached hydrogens (tertiary/aromatic N) is 2. The second kappa shape index (κ2) is 10.1. The Kier molecular flexibility index (Phi) is 8.12. The number of aliphatic hydroxyl groups excluding tert-OH is 2. The first-order valence-corrected chi connectivity index (χ1v) is 14.6. The van der Waals surface area contributed by atoms with E-state index >= 15 is 0 Å². The first-order valence-electron chi connectivity index (χ1n) is 8.55. The van der Waals surface area contributed by atoms with Crippen LogP contribution in [0.1, 0.15) is 50.0 Å². The molecule has 0 aliphatic rings. The van der Waals surface area contributed by atoms with Gasteiger partial charge in [-0.15, -0.1) is 0 Å². The molecule has 0 saturated heterocycles. The molecule has 0 amide bonds. The van der Waals surface area contributed by atoms with Crippen LogP contribution in [0.15, 0.2) is 36.4 Å². The standard InChI is InChI=1S/C18H20N2O6Se2/c1-3-15(21)13-9-11(19(23)24)5-7-17(13)27-28-18-8-6-12(20(25)26)10-14(18)16(22)4-2/h5-10,15-16,21-22H,3-4H2,1-2H3/t15-,16-/m0/s1. The Morgan fingerprint density at radius 1 is 0.821 bits per heavy atom. The SMILES string of the molecule is CC[C@H](O)c1cc([N+](=O)[O-])ccc1[Se][Se]c1ccc([N+](=O)[O-])cc1[C@@H](O)CC. The summed E-state index contributed by atoms with van der Waals surface area (Å²) in [5.74, 6) is 0. The Balaban J connectivity index is 2.35. The van der Waals surface area contributed by atoms with Crippen molar-refractivity contribution >= 4 is 46.6 Å². The Morgan fingerprint density at radius 2 is 1.18 bits per heavy atom. The summed E-state index contributed by atoms with van der Waals surface area (Å²) in [4.78, 5) is 21.1. The second-order valence-electron chi connectivity index (χ2n) is 5.97. The molecule has 2 N–H and O–H groups in total. The van der Waals surface area contributed by atoms with E-state index in [9.17, 15) is 30.4 Å². The molecule has 0 aliphatic carbocycles. The summed E-state index contributed by atoms with van der Waals surface area (Å²) in [6.07, 6.45) is -0.696. The van der Waals surface area contributed by atoms with Crippen LogP contribution in [0.2, 0.25) is 0 Å². The van der Waals surface area contributed by atoms with Crippen molar-refractivity contribution in [2.45, 2.75) is 38.9 Å². The summed E-state index contributed by atoms with van der Waals surface area (Å²) < 4.78 is 1.73. The van der Waals surface area contributed by atoms with Gasteiger partial charge in [0.2, 0.25) is 0 Å². The van der Waals surface area contributed by atoms with Crippen LogP contribution in [-0.2, 0) is 0 Å². The molecule has 0 spiro atoms. The molecule has 10 heteroatoms. The van der Waals surface area contributed by atoms with Crippen LogP contribution < -0.4 is 8.92 Å². The van der Waals surface area contributed by atoms with E-state index in [1.165, 1.54) is 24.3 Å². The summed E-state index contributed by atoms with van der Waals surface area (Å²) in [6.45, 7) is 3.61. The molecule has 2 aromatic rings. The number of hydrogen-bond donors (Lipinski definition) is 2. The zero-order valence-electron chi connectivity index (χ0n) is 15.3. The fraction of sp³-hybridized carbons (Fsp3) is 0.333. The molecule has 0 saturated carbocycles. The Bertz CT molecular complexity index is 806. The molecule has 0 aromatic heterocycles. The number of rotatable bonds is 9. The van der Waals surface area contributed by atoms with Gasteiger partial charge in [0.25, 0.3) is 0 Å². The van der Waals surface area contributed by atoms with E-state index in [2.05, 4.69) is 0 Å². The summed E-state index contributed by atoms with van der Waals surface area (Å²) >= 11 is -0.238. The number of nitro benzene ring substituents is 2. The minimum absolute atomic E-state index is 0.0630. The van der Waals surface area contributed by atoms with Gasteiger partial charge in [0.1, 0.15) is 0 Å². The van der Waals surface area contributed by atoms with Crippen LogP contribution >= 0.6 is 0 Å². The number of hydrogen-bond acceptors (Lipinski definition) is 6. The fourth-order valence-corrected chi connectivity index (χ4v) is 9.89. The first-order chi connectivity index (χ1) is 13.3. The van der Waals surface area contributed by atoms with E-state index in [4.69, 9.17) is 0 Å². The molecule has 0 bridgehead atoms. The molecule has 28 heavy (non-hydrogen) atoms. The average molecular weight is 518 g/mol. The van der Waals surface area contributed by atoms with Gasteiger partial charge in [-0.1, -0.05) is 0 Å². The Labute approximate surface area is 173 Å². The van der Waals surface area contributed by atoms with E-state index in [1.54, 1.807) is 26.0 Å². The zero-order valence-corrected chi connectivity index (χ0v) is 18.7. The van der Waals surface area contributed by atoms with Gasteiger partial charge >= 0.3 is 173 Å². The van der Waals surface area contributed by atoms with Crippen LogP contribution in [0.5, 0.6) is 0 Å².